The van der Waals surface area contributed by atoms with Gasteiger partial charge in [0.2, 0.25) is 5.91 Å². The van der Waals surface area contributed by atoms with Crippen molar-refractivity contribution >= 4 is 40.7 Å². The number of carbonyl (C=O) groups is 2. The molecule has 8 nitrogen and oxygen atoms in total. The number of benzene rings is 3. The molecule has 0 aromatic heterocycles. The van der Waals surface area contributed by atoms with Gasteiger partial charge in [0.05, 0.1) is 16.4 Å². The Labute approximate surface area is 195 Å². The van der Waals surface area contributed by atoms with E-state index < -0.39 is 4.92 Å². The summed E-state index contributed by atoms with van der Waals surface area (Å²) in [6, 6.07) is 22.4. The summed E-state index contributed by atoms with van der Waals surface area (Å²) >= 11 is 1.38. The smallest absolute Gasteiger partial charge is 0.269 e. The molecule has 0 atom stereocenters. The lowest BCUT2D eigenvalue weighted by Crippen LogP contribution is -2.21. The molecule has 0 fully saturated rings. The Balaban J connectivity index is 1.49. The van der Waals surface area contributed by atoms with E-state index in [9.17, 15) is 19.7 Å². The molecule has 0 radical (unpaired) electrons. The van der Waals surface area contributed by atoms with Crippen molar-refractivity contribution in [2.75, 3.05) is 11.1 Å². The highest BCUT2D eigenvalue weighted by atomic mass is 32.2. The topological polar surface area (TPSA) is 114 Å². The van der Waals surface area contributed by atoms with Gasteiger partial charge in [-0.15, -0.1) is 11.8 Å². The van der Waals surface area contributed by atoms with Gasteiger partial charge in [-0.05, 0) is 42.3 Å². The molecule has 0 saturated heterocycles. The van der Waals surface area contributed by atoms with Gasteiger partial charge in [-0.2, -0.15) is 5.10 Å². The van der Waals surface area contributed by atoms with Crippen LogP contribution in [0.1, 0.15) is 28.4 Å². The Morgan fingerprint density at radius 1 is 0.970 bits per heavy atom. The van der Waals surface area contributed by atoms with Gasteiger partial charge in [-0.1, -0.05) is 42.5 Å². The highest BCUT2D eigenvalue weighted by Gasteiger charge is 2.08. The highest BCUT2D eigenvalue weighted by Crippen LogP contribution is 2.17. The van der Waals surface area contributed by atoms with Crippen molar-refractivity contribution in [2.24, 2.45) is 5.10 Å². The largest absolute Gasteiger partial charge is 0.322 e. The first kappa shape index (κ1) is 23.7. The number of rotatable bonds is 9. The number of nitrogens with zero attached hydrogens (tertiary/aromatic N) is 2. The first-order valence-corrected chi connectivity index (χ1v) is 11.2. The van der Waals surface area contributed by atoms with Gasteiger partial charge in [-0.3, -0.25) is 19.7 Å². The van der Waals surface area contributed by atoms with E-state index in [0.29, 0.717) is 22.7 Å². The first-order valence-electron chi connectivity index (χ1n) is 10.0. The average Bonchev–Trinajstić information content (AvgIpc) is 2.83. The molecule has 168 valence electrons. The first-order chi connectivity index (χ1) is 15.9. The number of hydrazone groups is 1. The second-order valence-electron chi connectivity index (χ2n) is 7.05. The van der Waals surface area contributed by atoms with Crippen LogP contribution in [0.4, 0.5) is 11.4 Å². The summed E-state index contributed by atoms with van der Waals surface area (Å²) in [7, 11) is 0. The third kappa shape index (κ3) is 7.29. The van der Waals surface area contributed by atoms with Gasteiger partial charge in [0, 0.05) is 29.1 Å². The van der Waals surface area contributed by atoms with Gasteiger partial charge in [0.15, 0.2) is 0 Å². The lowest BCUT2D eigenvalue weighted by atomic mass is 10.1. The van der Waals surface area contributed by atoms with Crippen LogP contribution in [0.2, 0.25) is 0 Å². The summed E-state index contributed by atoms with van der Waals surface area (Å²) in [4.78, 5) is 34.7. The third-order valence-corrected chi connectivity index (χ3v) is 5.58. The normalized spacial score (nSPS) is 11.0. The number of anilines is 1. The third-order valence-electron chi connectivity index (χ3n) is 4.57. The minimum atomic E-state index is -0.447. The maximum atomic E-state index is 12.3. The molecule has 0 unspecified atom stereocenters. The molecule has 2 N–H and O–H groups in total. The number of nitro benzene ring substituents is 1. The quantitative estimate of drug-likeness (QED) is 0.274. The van der Waals surface area contributed by atoms with Gasteiger partial charge < -0.3 is 5.32 Å². The fourth-order valence-electron chi connectivity index (χ4n) is 2.83. The Hall–Kier alpha value is -3.98. The molecular formula is C24H22N4O4S. The fourth-order valence-corrected chi connectivity index (χ4v) is 3.61. The van der Waals surface area contributed by atoms with Gasteiger partial charge >= 0.3 is 0 Å². The summed E-state index contributed by atoms with van der Waals surface area (Å²) in [6.07, 6.45) is 0. The molecule has 3 aromatic carbocycles. The number of nitro groups is 1. The van der Waals surface area contributed by atoms with E-state index in [-0.39, 0.29) is 23.3 Å². The number of carbonyl (C=O) groups excluding carboxylic acids is 2. The molecule has 0 saturated carbocycles. The van der Waals surface area contributed by atoms with Crippen molar-refractivity contribution < 1.29 is 14.5 Å². The second kappa shape index (κ2) is 11.6. The van der Waals surface area contributed by atoms with Crippen LogP contribution in [0.3, 0.4) is 0 Å². The summed E-state index contributed by atoms with van der Waals surface area (Å²) in [6.45, 7) is 1.77. The highest BCUT2D eigenvalue weighted by molar-refractivity contribution is 7.99. The van der Waals surface area contributed by atoms with Crippen molar-refractivity contribution in [3.63, 3.8) is 0 Å². The summed E-state index contributed by atoms with van der Waals surface area (Å²) in [5, 5.41) is 17.7. The molecule has 0 heterocycles. The molecule has 0 spiro atoms. The van der Waals surface area contributed by atoms with Crippen LogP contribution < -0.4 is 10.7 Å². The zero-order chi connectivity index (χ0) is 23.6. The zero-order valence-electron chi connectivity index (χ0n) is 17.9. The molecule has 0 aliphatic carbocycles. The van der Waals surface area contributed by atoms with Crippen LogP contribution in [-0.2, 0) is 10.5 Å². The zero-order valence-corrected chi connectivity index (χ0v) is 18.7. The molecule has 0 aliphatic rings. The van der Waals surface area contributed by atoms with Crippen LogP contribution in [0.25, 0.3) is 0 Å². The number of nitrogens with one attached hydrogen (secondary N) is 2. The van der Waals surface area contributed by atoms with Gasteiger partial charge in [0.1, 0.15) is 0 Å². The lowest BCUT2D eigenvalue weighted by Gasteiger charge is -2.08. The molecule has 2 amide bonds. The van der Waals surface area contributed by atoms with Crippen molar-refractivity contribution in [2.45, 2.75) is 12.7 Å². The monoisotopic (exact) mass is 462 g/mol. The van der Waals surface area contributed by atoms with Crippen LogP contribution in [0.15, 0.2) is 84.0 Å². The molecule has 33 heavy (non-hydrogen) atoms. The predicted octanol–water partition coefficient (Wildman–Crippen LogP) is 4.62. The minimum absolute atomic E-state index is 0.0370. The van der Waals surface area contributed by atoms with E-state index in [0.717, 1.165) is 11.1 Å². The van der Waals surface area contributed by atoms with E-state index >= 15 is 0 Å². The van der Waals surface area contributed by atoms with Crippen LogP contribution in [0.5, 0.6) is 0 Å². The van der Waals surface area contributed by atoms with E-state index in [1.54, 1.807) is 61.5 Å². The number of non-ortho nitro benzene ring substituents is 1. The average molecular weight is 463 g/mol. The van der Waals surface area contributed by atoms with Crippen LogP contribution in [0, 0.1) is 10.1 Å². The van der Waals surface area contributed by atoms with E-state index in [1.807, 2.05) is 12.1 Å². The molecule has 3 aromatic rings. The predicted molar refractivity (Wildman–Crippen MR) is 130 cm³/mol. The molecule has 3 rings (SSSR count). The number of amides is 2. The van der Waals surface area contributed by atoms with E-state index in [1.165, 1.54) is 23.9 Å². The fraction of sp³-hybridized carbons (Fsp3) is 0.125. The summed E-state index contributed by atoms with van der Waals surface area (Å²) in [5.74, 6) is 0.286. The van der Waals surface area contributed by atoms with Crippen molar-refractivity contribution in [1.29, 1.82) is 0 Å². The summed E-state index contributed by atoms with van der Waals surface area (Å²) in [5.41, 5.74) is 6.01. The standard InChI is InChI=1S/C24H22N4O4S/c1-17(20-8-5-9-21(14-20)25-24(30)19-6-3-2-4-7-19)26-27-23(29)16-33-15-18-10-12-22(13-11-18)28(31)32/h2-14H,15-16H2,1H3,(H,25,30)(H,27,29)/b26-17+. The van der Waals surface area contributed by atoms with Crippen molar-refractivity contribution in [1.82, 2.24) is 5.43 Å². The van der Waals surface area contributed by atoms with Crippen molar-refractivity contribution in [3.8, 4) is 0 Å². The minimum Gasteiger partial charge on any atom is -0.322 e. The van der Waals surface area contributed by atoms with Crippen LogP contribution >= 0.6 is 11.8 Å². The Morgan fingerprint density at radius 3 is 2.36 bits per heavy atom. The van der Waals surface area contributed by atoms with E-state index in [2.05, 4.69) is 15.8 Å². The van der Waals surface area contributed by atoms with Crippen LogP contribution in [-0.4, -0.2) is 28.2 Å². The summed E-state index contributed by atoms with van der Waals surface area (Å²) < 4.78 is 0. The lowest BCUT2D eigenvalue weighted by molar-refractivity contribution is -0.384. The van der Waals surface area contributed by atoms with Gasteiger partial charge in [-0.25, -0.2) is 5.43 Å². The molecular weight excluding hydrogens is 440 g/mol. The molecule has 0 bridgehead atoms. The Morgan fingerprint density at radius 2 is 1.67 bits per heavy atom. The molecule has 9 heteroatoms. The SMILES string of the molecule is C/C(=N\NC(=O)CSCc1ccc([N+](=O)[O-])cc1)c1cccc(NC(=O)c2ccccc2)c1. The van der Waals surface area contributed by atoms with Gasteiger partial charge in [0.25, 0.3) is 11.6 Å². The Bertz CT molecular complexity index is 1160. The number of hydrogen-bond donors (Lipinski definition) is 2. The van der Waals surface area contributed by atoms with E-state index in [4.69, 9.17) is 0 Å². The number of thioether (sulfide) groups is 1. The Kier molecular flexibility index (Phi) is 8.31. The maximum Gasteiger partial charge on any atom is 0.269 e. The molecule has 0 aliphatic heterocycles. The maximum absolute atomic E-state index is 12.3. The number of hydrogen-bond acceptors (Lipinski definition) is 6. The second-order valence-corrected chi connectivity index (χ2v) is 8.04. The van der Waals surface area contributed by atoms with Crippen molar-refractivity contribution in [3.05, 3.63) is 106 Å².